The molecule has 2 nitrogen and oxygen atoms in total. The van der Waals surface area contributed by atoms with E-state index in [9.17, 15) is 0 Å². The SMILES string of the molecule is CCCC(CC)Oc1ccc2c(-c3ccccc3)coc2c1. The number of ether oxygens (including phenoxy) is 1. The van der Waals surface area contributed by atoms with Gasteiger partial charge in [-0.3, -0.25) is 0 Å². The lowest BCUT2D eigenvalue weighted by molar-refractivity contribution is 0.186. The zero-order chi connectivity index (χ0) is 15.4. The Kier molecular flexibility index (Phi) is 4.47. The highest BCUT2D eigenvalue weighted by molar-refractivity contribution is 5.94. The summed E-state index contributed by atoms with van der Waals surface area (Å²) in [6, 6.07) is 16.4. The van der Waals surface area contributed by atoms with Gasteiger partial charge in [0.1, 0.15) is 11.3 Å². The third-order valence-corrected chi connectivity index (χ3v) is 4.00. The molecule has 0 aliphatic heterocycles. The van der Waals surface area contributed by atoms with E-state index < -0.39 is 0 Å². The van der Waals surface area contributed by atoms with Crippen LogP contribution in [-0.4, -0.2) is 6.10 Å². The van der Waals surface area contributed by atoms with Gasteiger partial charge in [-0.1, -0.05) is 50.6 Å². The van der Waals surface area contributed by atoms with Crippen LogP contribution in [0.1, 0.15) is 33.1 Å². The Morgan fingerprint density at radius 3 is 2.59 bits per heavy atom. The van der Waals surface area contributed by atoms with E-state index in [1.54, 1.807) is 0 Å². The fourth-order valence-corrected chi connectivity index (χ4v) is 2.78. The summed E-state index contributed by atoms with van der Waals surface area (Å²) in [5.74, 6) is 0.891. The van der Waals surface area contributed by atoms with E-state index in [-0.39, 0.29) is 6.10 Å². The van der Waals surface area contributed by atoms with Crippen molar-refractivity contribution in [1.82, 2.24) is 0 Å². The highest BCUT2D eigenvalue weighted by Crippen LogP contribution is 2.33. The summed E-state index contributed by atoms with van der Waals surface area (Å²) < 4.78 is 11.8. The highest BCUT2D eigenvalue weighted by Gasteiger charge is 2.11. The fourth-order valence-electron chi connectivity index (χ4n) is 2.78. The molecule has 1 aromatic heterocycles. The normalized spacial score (nSPS) is 12.5. The second-order valence-electron chi connectivity index (χ2n) is 5.61. The second-order valence-corrected chi connectivity index (χ2v) is 5.61. The van der Waals surface area contributed by atoms with Crippen molar-refractivity contribution in [2.75, 3.05) is 0 Å². The molecule has 3 aromatic rings. The van der Waals surface area contributed by atoms with E-state index in [2.05, 4.69) is 32.0 Å². The maximum absolute atomic E-state index is 6.07. The molecule has 0 spiro atoms. The third kappa shape index (κ3) is 3.01. The molecule has 0 bridgehead atoms. The van der Waals surface area contributed by atoms with Crippen LogP contribution < -0.4 is 4.74 Å². The molecule has 1 unspecified atom stereocenters. The first-order chi connectivity index (χ1) is 10.8. The van der Waals surface area contributed by atoms with Crippen LogP contribution in [0.4, 0.5) is 0 Å². The molecular formula is C20H22O2. The zero-order valence-electron chi connectivity index (χ0n) is 13.2. The van der Waals surface area contributed by atoms with Crippen molar-refractivity contribution >= 4 is 11.0 Å². The van der Waals surface area contributed by atoms with Crippen molar-refractivity contribution in [1.29, 1.82) is 0 Å². The molecule has 0 aliphatic carbocycles. The summed E-state index contributed by atoms with van der Waals surface area (Å²) in [4.78, 5) is 0. The van der Waals surface area contributed by atoms with Crippen LogP contribution in [0.25, 0.3) is 22.1 Å². The molecular weight excluding hydrogens is 272 g/mol. The maximum Gasteiger partial charge on any atom is 0.138 e. The van der Waals surface area contributed by atoms with E-state index in [1.165, 1.54) is 5.56 Å². The van der Waals surface area contributed by atoms with Gasteiger partial charge >= 0.3 is 0 Å². The third-order valence-electron chi connectivity index (χ3n) is 4.00. The molecule has 0 radical (unpaired) electrons. The Hall–Kier alpha value is -2.22. The summed E-state index contributed by atoms with van der Waals surface area (Å²) in [6.07, 6.45) is 5.36. The van der Waals surface area contributed by atoms with Crippen molar-refractivity contribution in [3.05, 3.63) is 54.8 Å². The van der Waals surface area contributed by atoms with Crippen molar-refractivity contribution in [3.63, 3.8) is 0 Å². The smallest absolute Gasteiger partial charge is 0.138 e. The molecule has 2 aromatic carbocycles. The standard InChI is InChI=1S/C20H22O2/c1-3-8-16(4-2)22-17-11-12-18-19(14-21-20(18)13-17)15-9-6-5-7-10-15/h5-7,9-14,16H,3-4,8H2,1-2H3. The predicted octanol–water partition coefficient (Wildman–Crippen LogP) is 6.06. The number of furan rings is 1. The average Bonchev–Trinajstić information content (AvgIpc) is 2.98. The summed E-state index contributed by atoms with van der Waals surface area (Å²) in [7, 11) is 0. The maximum atomic E-state index is 6.07. The predicted molar refractivity (Wildman–Crippen MR) is 91.3 cm³/mol. The van der Waals surface area contributed by atoms with Crippen molar-refractivity contribution < 1.29 is 9.15 Å². The van der Waals surface area contributed by atoms with Gasteiger partial charge in [-0.25, -0.2) is 0 Å². The summed E-state index contributed by atoms with van der Waals surface area (Å²) in [6.45, 7) is 4.35. The number of benzene rings is 2. The van der Waals surface area contributed by atoms with Gasteiger partial charge in [0.05, 0.1) is 12.4 Å². The Labute approximate surface area is 131 Å². The van der Waals surface area contributed by atoms with Crippen LogP contribution in [0.3, 0.4) is 0 Å². The molecule has 2 heteroatoms. The highest BCUT2D eigenvalue weighted by atomic mass is 16.5. The number of rotatable bonds is 6. The van der Waals surface area contributed by atoms with Gasteiger partial charge < -0.3 is 9.15 Å². The minimum Gasteiger partial charge on any atom is -0.490 e. The minimum absolute atomic E-state index is 0.283. The van der Waals surface area contributed by atoms with Crippen LogP contribution in [0, 0.1) is 0 Å². The van der Waals surface area contributed by atoms with Gasteiger partial charge in [0, 0.05) is 17.0 Å². The molecule has 0 amide bonds. The van der Waals surface area contributed by atoms with Gasteiger partial charge in [-0.05, 0) is 30.5 Å². The first-order valence-electron chi connectivity index (χ1n) is 8.05. The minimum atomic E-state index is 0.283. The van der Waals surface area contributed by atoms with Gasteiger partial charge in [-0.2, -0.15) is 0 Å². The van der Waals surface area contributed by atoms with E-state index >= 15 is 0 Å². The average molecular weight is 294 g/mol. The summed E-state index contributed by atoms with van der Waals surface area (Å²) in [5, 5.41) is 1.13. The van der Waals surface area contributed by atoms with Crippen LogP contribution in [0.2, 0.25) is 0 Å². The van der Waals surface area contributed by atoms with E-state index in [0.717, 1.165) is 41.5 Å². The molecule has 0 saturated heterocycles. The summed E-state index contributed by atoms with van der Waals surface area (Å²) >= 11 is 0. The van der Waals surface area contributed by atoms with Crippen molar-refractivity contribution in [2.24, 2.45) is 0 Å². The quantitative estimate of drug-likeness (QED) is 0.551. The van der Waals surface area contributed by atoms with Crippen LogP contribution >= 0.6 is 0 Å². The number of fused-ring (bicyclic) bond motifs is 1. The molecule has 0 saturated carbocycles. The molecule has 114 valence electrons. The second kappa shape index (κ2) is 6.69. The van der Waals surface area contributed by atoms with Gasteiger partial charge in [0.25, 0.3) is 0 Å². The monoisotopic (exact) mass is 294 g/mol. The summed E-state index contributed by atoms with van der Waals surface area (Å²) in [5.41, 5.74) is 3.18. The topological polar surface area (TPSA) is 22.4 Å². The Morgan fingerprint density at radius 1 is 1.05 bits per heavy atom. The molecule has 22 heavy (non-hydrogen) atoms. The molecule has 0 fully saturated rings. The van der Waals surface area contributed by atoms with E-state index in [1.807, 2.05) is 36.6 Å². The van der Waals surface area contributed by atoms with Gasteiger partial charge in [0.15, 0.2) is 0 Å². The molecule has 0 aliphatic rings. The Morgan fingerprint density at radius 2 is 1.86 bits per heavy atom. The fraction of sp³-hybridized carbons (Fsp3) is 0.300. The Bertz CT molecular complexity index is 728. The lowest BCUT2D eigenvalue weighted by atomic mass is 10.0. The number of hydrogen-bond donors (Lipinski definition) is 0. The first kappa shape index (κ1) is 14.7. The molecule has 0 N–H and O–H groups in total. The molecule has 1 atom stereocenters. The van der Waals surface area contributed by atoms with Crippen LogP contribution in [0.5, 0.6) is 5.75 Å². The molecule has 1 heterocycles. The van der Waals surface area contributed by atoms with Crippen molar-refractivity contribution in [3.8, 4) is 16.9 Å². The van der Waals surface area contributed by atoms with Crippen LogP contribution in [-0.2, 0) is 0 Å². The lowest BCUT2D eigenvalue weighted by Crippen LogP contribution is -2.14. The van der Waals surface area contributed by atoms with Gasteiger partial charge in [0.2, 0.25) is 0 Å². The van der Waals surface area contributed by atoms with E-state index in [4.69, 9.17) is 9.15 Å². The van der Waals surface area contributed by atoms with Crippen LogP contribution in [0.15, 0.2) is 59.2 Å². The Balaban J connectivity index is 1.89. The lowest BCUT2D eigenvalue weighted by Gasteiger charge is -2.16. The first-order valence-corrected chi connectivity index (χ1v) is 8.05. The molecule has 3 rings (SSSR count). The largest absolute Gasteiger partial charge is 0.490 e. The zero-order valence-corrected chi connectivity index (χ0v) is 13.2. The van der Waals surface area contributed by atoms with E-state index in [0.29, 0.717) is 0 Å². The van der Waals surface area contributed by atoms with Crippen molar-refractivity contribution in [2.45, 2.75) is 39.2 Å². The van der Waals surface area contributed by atoms with Gasteiger partial charge in [-0.15, -0.1) is 0 Å². The number of hydrogen-bond acceptors (Lipinski definition) is 2.